The minimum atomic E-state index is -0.713. The van der Waals surface area contributed by atoms with E-state index in [1.54, 1.807) is 18.2 Å². The smallest absolute Gasteiger partial charge is 0.265 e. The van der Waals surface area contributed by atoms with Crippen molar-refractivity contribution in [3.8, 4) is 11.5 Å². The minimum Gasteiger partial charge on any atom is -0.493 e. The van der Waals surface area contributed by atoms with Gasteiger partial charge >= 0.3 is 0 Å². The molecule has 0 radical (unpaired) electrons. The number of amides is 1. The molecule has 0 spiro atoms. The van der Waals surface area contributed by atoms with E-state index in [1.165, 1.54) is 25.3 Å². The third-order valence-electron chi connectivity index (χ3n) is 3.19. The number of halogens is 2. The molecule has 1 N–H and O–H groups in total. The fourth-order valence-corrected chi connectivity index (χ4v) is 2.17. The molecule has 0 saturated carbocycles. The monoisotopic (exact) mass is 337 g/mol. The summed E-state index contributed by atoms with van der Waals surface area (Å²) in [6.45, 7) is 1.83. The van der Waals surface area contributed by atoms with Crippen LogP contribution in [0.4, 0.5) is 10.1 Å². The first kappa shape index (κ1) is 17.1. The molecule has 0 fully saturated rings. The zero-order valence-electron chi connectivity index (χ0n) is 12.8. The highest BCUT2D eigenvalue weighted by molar-refractivity contribution is 6.31. The Morgan fingerprint density at radius 3 is 2.57 bits per heavy atom. The molecule has 0 aliphatic rings. The first-order valence-electron chi connectivity index (χ1n) is 7.10. The Kier molecular flexibility index (Phi) is 5.82. The van der Waals surface area contributed by atoms with Crippen molar-refractivity contribution in [1.82, 2.24) is 0 Å². The van der Waals surface area contributed by atoms with Gasteiger partial charge in [0.25, 0.3) is 5.91 Å². The number of carbonyl (C=O) groups is 1. The number of nitrogens with one attached hydrogen (secondary N) is 1. The molecule has 0 aliphatic heterocycles. The first-order valence-corrected chi connectivity index (χ1v) is 7.48. The Morgan fingerprint density at radius 2 is 1.96 bits per heavy atom. The third kappa shape index (κ3) is 4.36. The molecule has 1 amide bonds. The Hall–Kier alpha value is -2.27. The fourth-order valence-electron chi connectivity index (χ4n) is 1.99. The van der Waals surface area contributed by atoms with Crippen molar-refractivity contribution >= 4 is 23.2 Å². The van der Waals surface area contributed by atoms with Crippen molar-refractivity contribution in [2.75, 3.05) is 12.4 Å². The number of methoxy groups -OCH3 is 1. The highest BCUT2D eigenvalue weighted by Gasteiger charge is 2.20. The Morgan fingerprint density at radius 1 is 1.26 bits per heavy atom. The second kappa shape index (κ2) is 7.83. The van der Waals surface area contributed by atoms with Gasteiger partial charge in [0.05, 0.1) is 12.1 Å². The van der Waals surface area contributed by atoms with E-state index in [-0.39, 0.29) is 10.9 Å². The molecule has 0 saturated heterocycles. The summed E-state index contributed by atoms with van der Waals surface area (Å²) >= 11 is 5.71. The van der Waals surface area contributed by atoms with E-state index < -0.39 is 11.9 Å². The zero-order chi connectivity index (χ0) is 16.8. The molecule has 6 heteroatoms. The summed E-state index contributed by atoms with van der Waals surface area (Å²) in [5.41, 5.74) is 0.406. The van der Waals surface area contributed by atoms with Gasteiger partial charge < -0.3 is 14.8 Å². The molecule has 1 atom stereocenters. The van der Waals surface area contributed by atoms with Crippen LogP contribution >= 0.6 is 11.6 Å². The Balaban J connectivity index is 2.10. The maximum absolute atomic E-state index is 13.1. The van der Waals surface area contributed by atoms with E-state index in [9.17, 15) is 9.18 Å². The van der Waals surface area contributed by atoms with Crippen LogP contribution in [0.5, 0.6) is 11.5 Å². The van der Waals surface area contributed by atoms with Gasteiger partial charge in [0.15, 0.2) is 17.6 Å². The van der Waals surface area contributed by atoms with Gasteiger partial charge in [0, 0.05) is 5.69 Å². The molecular formula is C17H17ClFNO3. The van der Waals surface area contributed by atoms with Gasteiger partial charge in [0.2, 0.25) is 0 Å². The van der Waals surface area contributed by atoms with Gasteiger partial charge in [-0.15, -0.1) is 0 Å². The number of anilines is 1. The van der Waals surface area contributed by atoms with Crippen molar-refractivity contribution in [1.29, 1.82) is 0 Å². The fraction of sp³-hybridized carbons (Fsp3) is 0.235. The van der Waals surface area contributed by atoms with Gasteiger partial charge in [-0.1, -0.05) is 30.7 Å². The van der Waals surface area contributed by atoms with Crippen molar-refractivity contribution < 1.29 is 18.7 Å². The number of hydrogen-bond donors (Lipinski definition) is 1. The lowest BCUT2D eigenvalue weighted by Crippen LogP contribution is -2.32. The number of carbonyl (C=O) groups excluding carboxylic acids is 1. The average molecular weight is 338 g/mol. The SMILES string of the molecule is CC[C@H](Oc1ccccc1OC)C(=O)Nc1ccc(F)c(Cl)c1. The van der Waals surface area contributed by atoms with Gasteiger partial charge in [0.1, 0.15) is 5.82 Å². The first-order chi connectivity index (χ1) is 11.0. The van der Waals surface area contributed by atoms with Gasteiger partial charge in [-0.2, -0.15) is 0 Å². The lowest BCUT2D eigenvalue weighted by atomic mass is 10.2. The lowest BCUT2D eigenvalue weighted by Gasteiger charge is -2.19. The van der Waals surface area contributed by atoms with Gasteiger partial charge in [-0.25, -0.2) is 4.39 Å². The van der Waals surface area contributed by atoms with Crippen molar-refractivity contribution in [3.63, 3.8) is 0 Å². The van der Waals surface area contributed by atoms with E-state index >= 15 is 0 Å². The van der Waals surface area contributed by atoms with Crippen LogP contribution in [0.15, 0.2) is 42.5 Å². The maximum atomic E-state index is 13.1. The van der Waals surface area contributed by atoms with Gasteiger partial charge in [-0.3, -0.25) is 4.79 Å². The normalized spacial score (nSPS) is 11.7. The van der Waals surface area contributed by atoms with Crippen LogP contribution in [0.2, 0.25) is 5.02 Å². The second-order valence-electron chi connectivity index (χ2n) is 4.78. The summed E-state index contributed by atoms with van der Waals surface area (Å²) in [7, 11) is 1.53. The van der Waals surface area contributed by atoms with Crippen molar-refractivity contribution in [2.45, 2.75) is 19.4 Å². The summed E-state index contributed by atoms with van der Waals surface area (Å²) in [5, 5.41) is 2.61. The standard InChI is InChI=1S/C17H17ClFNO3/c1-3-14(23-16-7-5-4-6-15(16)22-2)17(21)20-11-8-9-13(19)12(18)10-11/h4-10,14H,3H2,1-2H3,(H,20,21)/t14-/m0/s1. The second-order valence-corrected chi connectivity index (χ2v) is 5.19. The van der Waals surface area contributed by atoms with Crippen LogP contribution in [-0.2, 0) is 4.79 Å². The van der Waals surface area contributed by atoms with Crippen molar-refractivity contribution in [2.24, 2.45) is 0 Å². The topological polar surface area (TPSA) is 47.6 Å². The van der Waals surface area contributed by atoms with Crippen LogP contribution in [0, 0.1) is 5.82 Å². The maximum Gasteiger partial charge on any atom is 0.265 e. The molecule has 122 valence electrons. The quantitative estimate of drug-likeness (QED) is 0.855. The summed E-state index contributed by atoms with van der Waals surface area (Å²) in [5.74, 6) is 0.140. The summed E-state index contributed by atoms with van der Waals surface area (Å²) in [6.07, 6.45) is -0.256. The Labute approximate surface area is 139 Å². The molecule has 4 nitrogen and oxygen atoms in total. The highest BCUT2D eigenvalue weighted by Crippen LogP contribution is 2.27. The number of rotatable bonds is 6. The van der Waals surface area contributed by atoms with Crippen LogP contribution in [0.25, 0.3) is 0 Å². The number of hydrogen-bond acceptors (Lipinski definition) is 3. The molecule has 2 aromatic carbocycles. The Bertz CT molecular complexity index is 693. The van der Waals surface area contributed by atoms with Gasteiger partial charge in [-0.05, 0) is 36.8 Å². The molecule has 23 heavy (non-hydrogen) atoms. The van der Waals surface area contributed by atoms with E-state index in [2.05, 4.69) is 5.32 Å². The third-order valence-corrected chi connectivity index (χ3v) is 3.48. The largest absolute Gasteiger partial charge is 0.493 e. The van der Waals surface area contributed by atoms with Crippen molar-refractivity contribution in [3.05, 3.63) is 53.3 Å². The zero-order valence-corrected chi connectivity index (χ0v) is 13.6. The lowest BCUT2D eigenvalue weighted by molar-refractivity contribution is -0.122. The molecule has 0 heterocycles. The number of para-hydroxylation sites is 2. The predicted molar refractivity (Wildman–Crippen MR) is 87.7 cm³/mol. The van der Waals surface area contributed by atoms with E-state index in [4.69, 9.17) is 21.1 Å². The summed E-state index contributed by atoms with van der Waals surface area (Å²) in [6, 6.07) is 11.1. The van der Waals surface area contributed by atoms with Crippen LogP contribution in [0.1, 0.15) is 13.3 Å². The average Bonchev–Trinajstić information content (AvgIpc) is 2.56. The molecule has 0 aliphatic carbocycles. The molecule has 0 aromatic heterocycles. The van der Waals surface area contributed by atoms with E-state index in [0.717, 1.165) is 0 Å². The van der Waals surface area contributed by atoms with Crippen LogP contribution < -0.4 is 14.8 Å². The van der Waals surface area contributed by atoms with E-state index in [1.807, 2.05) is 13.0 Å². The molecule has 0 bridgehead atoms. The molecule has 0 unspecified atom stereocenters. The molecule has 2 rings (SSSR count). The van der Waals surface area contributed by atoms with Crippen LogP contribution in [0.3, 0.4) is 0 Å². The minimum absolute atomic E-state index is 0.0542. The number of benzene rings is 2. The summed E-state index contributed by atoms with van der Waals surface area (Å²) < 4.78 is 24.1. The predicted octanol–water partition coefficient (Wildman–Crippen LogP) is 4.28. The molecule has 2 aromatic rings. The highest BCUT2D eigenvalue weighted by atomic mass is 35.5. The number of ether oxygens (including phenoxy) is 2. The summed E-state index contributed by atoms with van der Waals surface area (Å²) in [4.78, 5) is 12.3. The van der Waals surface area contributed by atoms with E-state index in [0.29, 0.717) is 23.6 Å². The van der Waals surface area contributed by atoms with Crippen LogP contribution in [-0.4, -0.2) is 19.1 Å². The molecular weight excluding hydrogens is 321 g/mol.